The maximum Gasteiger partial charge on any atom is 0.156 e. The van der Waals surface area contributed by atoms with Gasteiger partial charge in [-0.05, 0) is 32.2 Å². The molecule has 5 nitrogen and oxygen atoms in total. The molecule has 0 bridgehead atoms. The molecular formula is C9H19N3O2. The van der Waals surface area contributed by atoms with Gasteiger partial charge in [-0.1, -0.05) is 5.16 Å². The Morgan fingerprint density at radius 2 is 2.29 bits per heavy atom. The predicted octanol–water partition coefficient (Wildman–Crippen LogP) is 0.138. The van der Waals surface area contributed by atoms with E-state index >= 15 is 0 Å². The van der Waals surface area contributed by atoms with Gasteiger partial charge in [0.05, 0.1) is 6.04 Å². The minimum Gasteiger partial charge on any atom is -0.409 e. The second kappa shape index (κ2) is 5.82. The Kier molecular flexibility index (Phi) is 4.69. The molecule has 82 valence electrons. The van der Waals surface area contributed by atoms with Gasteiger partial charge in [0.15, 0.2) is 5.84 Å². The smallest absolute Gasteiger partial charge is 0.156 e. The van der Waals surface area contributed by atoms with E-state index in [4.69, 9.17) is 15.7 Å². The van der Waals surface area contributed by atoms with Crippen molar-refractivity contribution >= 4 is 5.84 Å². The second-order valence-electron chi connectivity index (χ2n) is 3.71. The van der Waals surface area contributed by atoms with Crippen LogP contribution in [0.5, 0.6) is 0 Å². The Labute approximate surface area is 84.3 Å². The Balaban J connectivity index is 2.18. The van der Waals surface area contributed by atoms with Gasteiger partial charge in [-0.3, -0.25) is 0 Å². The molecule has 0 aromatic carbocycles. The number of hydrogen-bond donors (Lipinski definition) is 3. The number of amidine groups is 1. The molecule has 1 heterocycles. The Bertz CT molecular complexity index is 190. The van der Waals surface area contributed by atoms with E-state index in [1.165, 1.54) is 0 Å². The Morgan fingerprint density at radius 3 is 2.86 bits per heavy atom. The van der Waals surface area contributed by atoms with Crippen LogP contribution in [0, 0.1) is 5.92 Å². The van der Waals surface area contributed by atoms with Crippen LogP contribution in [0.15, 0.2) is 5.16 Å². The topological polar surface area (TPSA) is 79.9 Å². The molecule has 4 N–H and O–H groups in total. The molecule has 0 spiro atoms. The molecule has 1 atom stereocenters. The number of rotatable bonds is 4. The van der Waals surface area contributed by atoms with Crippen molar-refractivity contribution in [2.24, 2.45) is 16.8 Å². The summed E-state index contributed by atoms with van der Waals surface area (Å²) in [4.78, 5) is 0. The van der Waals surface area contributed by atoms with Gasteiger partial charge in [0.25, 0.3) is 0 Å². The summed E-state index contributed by atoms with van der Waals surface area (Å²) < 4.78 is 5.26. The van der Waals surface area contributed by atoms with Crippen molar-refractivity contribution in [3.63, 3.8) is 0 Å². The van der Waals surface area contributed by atoms with Gasteiger partial charge < -0.3 is 21.0 Å². The van der Waals surface area contributed by atoms with Gasteiger partial charge in [-0.25, -0.2) is 0 Å². The molecule has 1 unspecified atom stereocenters. The normalized spacial score (nSPS) is 22.2. The van der Waals surface area contributed by atoms with E-state index in [1.54, 1.807) is 0 Å². The molecule has 0 aliphatic carbocycles. The molecule has 0 aromatic rings. The molecule has 0 saturated carbocycles. The molecule has 0 aromatic heterocycles. The molecule has 1 saturated heterocycles. The maximum absolute atomic E-state index is 8.45. The van der Waals surface area contributed by atoms with Crippen LogP contribution in [0.3, 0.4) is 0 Å². The molecule has 1 aliphatic rings. The van der Waals surface area contributed by atoms with Gasteiger partial charge in [-0.2, -0.15) is 0 Å². The number of oxime groups is 1. The zero-order chi connectivity index (χ0) is 10.4. The molecule has 1 fully saturated rings. The van der Waals surface area contributed by atoms with E-state index in [1.807, 2.05) is 6.92 Å². The fraction of sp³-hybridized carbons (Fsp3) is 0.889. The quantitative estimate of drug-likeness (QED) is 0.261. The van der Waals surface area contributed by atoms with Crippen molar-refractivity contribution < 1.29 is 9.94 Å². The van der Waals surface area contributed by atoms with Crippen molar-refractivity contribution in [1.82, 2.24) is 5.32 Å². The van der Waals surface area contributed by atoms with Crippen LogP contribution in [0.1, 0.15) is 19.8 Å². The Morgan fingerprint density at radius 1 is 1.64 bits per heavy atom. The molecule has 0 amide bonds. The molecule has 1 rings (SSSR count). The summed E-state index contributed by atoms with van der Waals surface area (Å²) >= 11 is 0. The third kappa shape index (κ3) is 3.51. The predicted molar refractivity (Wildman–Crippen MR) is 54.4 cm³/mol. The highest BCUT2D eigenvalue weighted by Gasteiger charge is 2.15. The Hall–Kier alpha value is -0.810. The fourth-order valence-corrected chi connectivity index (χ4v) is 1.49. The van der Waals surface area contributed by atoms with E-state index in [9.17, 15) is 0 Å². The number of nitrogens with zero attached hydrogens (tertiary/aromatic N) is 1. The third-order valence-electron chi connectivity index (χ3n) is 2.61. The van der Waals surface area contributed by atoms with Crippen LogP contribution < -0.4 is 11.1 Å². The van der Waals surface area contributed by atoms with Crippen LogP contribution in [0.4, 0.5) is 0 Å². The summed E-state index contributed by atoms with van der Waals surface area (Å²) in [6, 6.07) is -0.0668. The first kappa shape index (κ1) is 11.3. The molecule has 5 heteroatoms. The highest BCUT2D eigenvalue weighted by molar-refractivity contribution is 5.84. The van der Waals surface area contributed by atoms with Crippen molar-refractivity contribution in [3.8, 4) is 0 Å². The second-order valence-corrected chi connectivity index (χ2v) is 3.71. The minimum absolute atomic E-state index is 0.0668. The van der Waals surface area contributed by atoms with Gasteiger partial charge in [0.1, 0.15) is 0 Å². The lowest BCUT2D eigenvalue weighted by Gasteiger charge is -2.23. The molecule has 1 aliphatic heterocycles. The average Bonchev–Trinajstić information content (AvgIpc) is 2.26. The fourth-order valence-electron chi connectivity index (χ4n) is 1.49. The first-order valence-corrected chi connectivity index (χ1v) is 5.02. The lowest BCUT2D eigenvalue weighted by atomic mass is 10.0. The van der Waals surface area contributed by atoms with Gasteiger partial charge in [0.2, 0.25) is 0 Å². The zero-order valence-corrected chi connectivity index (χ0v) is 8.57. The zero-order valence-electron chi connectivity index (χ0n) is 8.57. The molecule has 0 radical (unpaired) electrons. The number of hydrogen-bond acceptors (Lipinski definition) is 4. The van der Waals surface area contributed by atoms with Crippen molar-refractivity contribution in [2.75, 3.05) is 19.8 Å². The van der Waals surface area contributed by atoms with E-state index in [0.29, 0.717) is 5.92 Å². The van der Waals surface area contributed by atoms with E-state index < -0.39 is 0 Å². The number of nitrogens with one attached hydrogen (secondary N) is 1. The van der Waals surface area contributed by atoms with Gasteiger partial charge in [0, 0.05) is 13.2 Å². The summed E-state index contributed by atoms with van der Waals surface area (Å²) in [5.74, 6) is 0.884. The summed E-state index contributed by atoms with van der Waals surface area (Å²) in [7, 11) is 0. The first-order valence-electron chi connectivity index (χ1n) is 5.02. The van der Waals surface area contributed by atoms with Crippen molar-refractivity contribution in [1.29, 1.82) is 0 Å². The van der Waals surface area contributed by atoms with Crippen LogP contribution in [0.2, 0.25) is 0 Å². The number of nitrogens with two attached hydrogens (primary N) is 1. The van der Waals surface area contributed by atoms with Crippen molar-refractivity contribution in [2.45, 2.75) is 25.8 Å². The summed E-state index contributed by atoms with van der Waals surface area (Å²) in [5, 5.41) is 14.6. The van der Waals surface area contributed by atoms with Crippen LogP contribution in [0.25, 0.3) is 0 Å². The van der Waals surface area contributed by atoms with Crippen LogP contribution in [-0.2, 0) is 4.74 Å². The average molecular weight is 201 g/mol. The monoisotopic (exact) mass is 201 g/mol. The van der Waals surface area contributed by atoms with Crippen LogP contribution >= 0.6 is 0 Å². The maximum atomic E-state index is 8.45. The number of ether oxygens (including phenoxy) is 1. The SMILES string of the molecule is CC(NCC1CCOCC1)C(N)=NO. The standard InChI is InChI=1S/C9H19N3O2/c1-7(9(10)12-13)11-6-8-2-4-14-5-3-8/h7-8,11,13H,2-6H2,1H3,(H2,10,12). The highest BCUT2D eigenvalue weighted by Crippen LogP contribution is 2.13. The summed E-state index contributed by atoms with van der Waals surface area (Å²) in [5.41, 5.74) is 5.44. The first-order chi connectivity index (χ1) is 6.74. The van der Waals surface area contributed by atoms with Gasteiger partial charge in [-0.15, -0.1) is 0 Å². The van der Waals surface area contributed by atoms with E-state index in [0.717, 1.165) is 32.6 Å². The third-order valence-corrected chi connectivity index (χ3v) is 2.61. The summed E-state index contributed by atoms with van der Waals surface area (Å²) in [6.07, 6.45) is 2.19. The van der Waals surface area contributed by atoms with Crippen LogP contribution in [-0.4, -0.2) is 36.8 Å². The van der Waals surface area contributed by atoms with E-state index in [-0.39, 0.29) is 11.9 Å². The molecule has 14 heavy (non-hydrogen) atoms. The lowest BCUT2D eigenvalue weighted by molar-refractivity contribution is 0.0661. The highest BCUT2D eigenvalue weighted by atomic mass is 16.5. The van der Waals surface area contributed by atoms with Crippen molar-refractivity contribution in [3.05, 3.63) is 0 Å². The summed E-state index contributed by atoms with van der Waals surface area (Å²) in [6.45, 7) is 4.49. The lowest BCUT2D eigenvalue weighted by Crippen LogP contribution is -2.42. The largest absolute Gasteiger partial charge is 0.409 e. The van der Waals surface area contributed by atoms with Gasteiger partial charge >= 0.3 is 0 Å². The van der Waals surface area contributed by atoms with E-state index in [2.05, 4.69) is 10.5 Å². The minimum atomic E-state index is -0.0668. The molecular weight excluding hydrogens is 182 g/mol.